The van der Waals surface area contributed by atoms with Gasteiger partial charge in [-0.25, -0.2) is 0 Å². The second-order valence-corrected chi connectivity index (χ2v) is 6.42. The fourth-order valence-corrected chi connectivity index (χ4v) is 2.83. The first kappa shape index (κ1) is 21.2. The molecule has 0 aromatic heterocycles. The molecule has 0 aliphatic carbocycles. The van der Waals surface area contributed by atoms with Crippen LogP contribution in [0.4, 0.5) is 0 Å². The molecule has 1 amide bonds. The van der Waals surface area contributed by atoms with Gasteiger partial charge < -0.3 is 11.1 Å². The quantitative estimate of drug-likeness (QED) is 0.738. The molecule has 3 N–H and O–H groups in total. The number of hydrogen-bond acceptors (Lipinski definition) is 2. The number of carbonyl (C=O) groups is 1. The van der Waals surface area contributed by atoms with Gasteiger partial charge in [-0.15, -0.1) is 12.4 Å². The first-order valence-electron chi connectivity index (χ1n) is 8.73. The molecule has 0 saturated carbocycles. The Morgan fingerprint density at radius 3 is 1.80 bits per heavy atom. The third-order valence-corrected chi connectivity index (χ3v) is 4.84. The molecule has 0 aliphatic rings. The molecular weight excluding hydrogens is 332 g/mol. The van der Waals surface area contributed by atoms with E-state index in [9.17, 15) is 4.79 Å². The van der Waals surface area contributed by atoms with Crippen molar-refractivity contribution < 1.29 is 4.79 Å². The van der Waals surface area contributed by atoms with Crippen molar-refractivity contribution in [1.82, 2.24) is 5.32 Å². The predicted octanol–water partition coefficient (Wildman–Crippen LogP) is 4.26. The van der Waals surface area contributed by atoms with Gasteiger partial charge in [0, 0.05) is 24.4 Å². The van der Waals surface area contributed by atoms with E-state index < -0.39 is 0 Å². The Bertz CT molecular complexity index is 587. The lowest BCUT2D eigenvalue weighted by Crippen LogP contribution is -2.49. The van der Waals surface area contributed by atoms with Crippen LogP contribution in [0.2, 0.25) is 0 Å². The van der Waals surface area contributed by atoms with E-state index in [0.29, 0.717) is 13.0 Å². The van der Waals surface area contributed by atoms with E-state index in [1.165, 1.54) is 0 Å². The van der Waals surface area contributed by atoms with Crippen molar-refractivity contribution in [1.29, 1.82) is 0 Å². The summed E-state index contributed by atoms with van der Waals surface area (Å²) in [6.07, 6.45) is 2.13. The van der Waals surface area contributed by atoms with Crippen molar-refractivity contribution in [2.24, 2.45) is 5.73 Å². The highest BCUT2D eigenvalue weighted by atomic mass is 35.5. The van der Waals surface area contributed by atoms with E-state index in [0.717, 1.165) is 24.0 Å². The lowest BCUT2D eigenvalue weighted by molar-refractivity contribution is -0.121. The van der Waals surface area contributed by atoms with Gasteiger partial charge in [-0.1, -0.05) is 74.5 Å². The molecule has 25 heavy (non-hydrogen) atoms. The molecule has 0 spiro atoms. The van der Waals surface area contributed by atoms with Crippen LogP contribution in [0.25, 0.3) is 0 Å². The molecule has 0 atom stereocenters. The summed E-state index contributed by atoms with van der Waals surface area (Å²) >= 11 is 0. The van der Waals surface area contributed by atoms with Crippen molar-refractivity contribution in [3.63, 3.8) is 0 Å². The fraction of sp³-hybridized carbons (Fsp3) is 0.381. The van der Waals surface area contributed by atoms with Crippen LogP contribution in [-0.4, -0.2) is 18.0 Å². The van der Waals surface area contributed by atoms with E-state index in [-0.39, 0.29) is 29.8 Å². The summed E-state index contributed by atoms with van der Waals surface area (Å²) in [6.45, 7) is 4.65. The Kier molecular flexibility index (Phi) is 8.67. The molecule has 0 radical (unpaired) electrons. The predicted molar refractivity (Wildman–Crippen MR) is 107 cm³/mol. The van der Waals surface area contributed by atoms with Gasteiger partial charge in [-0.3, -0.25) is 4.79 Å². The van der Waals surface area contributed by atoms with Gasteiger partial charge in [-0.2, -0.15) is 0 Å². The first-order valence-corrected chi connectivity index (χ1v) is 8.73. The van der Waals surface area contributed by atoms with Gasteiger partial charge in [0.25, 0.3) is 0 Å². The summed E-state index contributed by atoms with van der Waals surface area (Å²) in [4.78, 5) is 12.5. The van der Waals surface area contributed by atoms with Crippen LogP contribution in [0.1, 0.15) is 50.2 Å². The molecule has 136 valence electrons. The van der Waals surface area contributed by atoms with Crippen molar-refractivity contribution in [3.05, 3.63) is 71.8 Å². The largest absolute Gasteiger partial charge is 0.354 e. The lowest BCUT2D eigenvalue weighted by atomic mass is 9.88. The molecule has 0 unspecified atom stereocenters. The van der Waals surface area contributed by atoms with Crippen molar-refractivity contribution in [2.75, 3.05) is 6.54 Å². The third kappa shape index (κ3) is 6.18. The van der Waals surface area contributed by atoms with Crippen molar-refractivity contribution in [2.45, 2.75) is 44.6 Å². The maximum Gasteiger partial charge on any atom is 0.221 e. The normalized spacial score (nSPS) is 11.0. The van der Waals surface area contributed by atoms with Crippen LogP contribution in [0, 0.1) is 0 Å². The van der Waals surface area contributed by atoms with Gasteiger partial charge in [0.15, 0.2) is 0 Å². The Balaban J connectivity index is 0.00000312. The number of carbonyl (C=O) groups excluding carboxylic acids is 1. The number of halogens is 1. The first-order chi connectivity index (χ1) is 11.6. The van der Waals surface area contributed by atoms with Crippen LogP contribution in [0.15, 0.2) is 60.7 Å². The molecule has 0 bridgehead atoms. The molecule has 0 aliphatic heterocycles. The molecule has 0 heterocycles. The van der Waals surface area contributed by atoms with E-state index >= 15 is 0 Å². The zero-order valence-electron chi connectivity index (χ0n) is 15.1. The Hall–Kier alpha value is -1.84. The van der Waals surface area contributed by atoms with Crippen LogP contribution in [0.5, 0.6) is 0 Å². The number of benzene rings is 2. The number of nitrogens with two attached hydrogens (primary N) is 1. The summed E-state index contributed by atoms with van der Waals surface area (Å²) in [5.74, 6) is 0.104. The summed E-state index contributed by atoms with van der Waals surface area (Å²) in [7, 11) is 0. The Morgan fingerprint density at radius 1 is 0.960 bits per heavy atom. The maximum absolute atomic E-state index is 12.5. The number of amides is 1. The Labute approximate surface area is 157 Å². The summed E-state index contributed by atoms with van der Waals surface area (Å²) in [6, 6.07) is 20.4. The van der Waals surface area contributed by atoms with Gasteiger partial charge >= 0.3 is 0 Å². The van der Waals surface area contributed by atoms with E-state index in [4.69, 9.17) is 5.73 Å². The highest BCUT2D eigenvalue weighted by Gasteiger charge is 2.23. The van der Waals surface area contributed by atoms with Crippen LogP contribution in [0.3, 0.4) is 0 Å². The van der Waals surface area contributed by atoms with Gasteiger partial charge in [0.2, 0.25) is 5.91 Å². The maximum atomic E-state index is 12.5. The number of rotatable bonds is 8. The minimum atomic E-state index is -0.315. The van der Waals surface area contributed by atoms with Crippen LogP contribution < -0.4 is 11.1 Å². The van der Waals surface area contributed by atoms with Crippen molar-refractivity contribution >= 4 is 18.3 Å². The smallest absolute Gasteiger partial charge is 0.221 e. The molecule has 3 nitrogen and oxygen atoms in total. The van der Waals surface area contributed by atoms with Gasteiger partial charge in [0.1, 0.15) is 0 Å². The van der Waals surface area contributed by atoms with Gasteiger partial charge in [0.05, 0.1) is 0 Å². The highest BCUT2D eigenvalue weighted by molar-refractivity contribution is 5.85. The minimum absolute atomic E-state index is 0. The molecule has 4 heteroatoms. The summed E-state index contributed by atoms with van der Waals surface area (Å²) in [5.41, 5.74) is 8.28. The molecular formula is C21H29ClN2O. The van der Waals surface area contributed by atoms with Gasteiger partial charge in [-0.05, 0) is 24.0 Å². The average Bonchev–Trinajstić information content (AvgIpc) is 2.65. The second-order valence-electron chi connectivity index (χ2n) is 6.42. The SMILES string of the molecule is CCC(N)(CC)CNC(=O)CC(c1ccccc1)c1ccccc1.Cl. The van der Waals surface area contributed by atoms with E-state index in [1.54, 1.807) is 0 Å². The molecule has 2 rings (SSSR count). The molecule has 0 fully saturated rings. The monoisotopic (exact) mass is 360 g/mol. The fourth-order valence-electron chi connectivity index (χ4n) is 2.83. The van der Waals surface area contributed by atoms with E-state index in [1.807, 2.05) is 36.4 Å². The zero-order valence-corrected chi connectivity index (χ0v) is 15.9. The summed E-state index contributed by atoms with van der Waals surface area (Å²) < 4.78 is 0. The van der Waals surface area contributed by atoms with E-state index in [2.05, 4.69) is 43.4 Å². The zero-order chi connectivity index (χ0) is 17.4. The number of hydrogen-bond donors (Lipinski definition) is 2. The molecule has 2 aromatic carbocycles. The standard InChI is InChI=1S/C21H28N2O.ClH/c1-3-21(22,4-2)16-23-20(24)15-19(17-11-7-5-8-12-17)18-13-9-6-10-14-18;/h5-14,19H,3-4,15-16,22H2,1-2H3,(H,23,24);1H. The lowest BCUT2D eigenvalue weighted by Gasteiger charge is -2.27. The van der Waals surface area contributed by atoms with Crippen molar-refractivity contribution in [3.8, 4) is 0 Å². The minimum Gasteiger partial charge on any atom is -0.354 e. The topological polar surface area (TPSA) is 55.1 Å². The number of nitrogens with one attached hydrogen (secondary N) is 1. The van der Waals surface area contributed by atoms with Crippen LogP contribution in [-0.2, 0) is 4.79 Å². The average molecular weight is 361 g/mol. The molecule has 0 saturated heterocycles. The van der Waals surface area contributed by atoms with Crippen LogP contribution >= 0.6 is 12.4 Å². The third-order valence-electron chi connectivity index (χ3n) is 4.84. The second kappa shape index (κ2) is 10.2. The molecule has 2 aromatic rings. The summed E-state index contributed by atoms with van der Waals surface area (Å²) in [5, 5.41) is 3.03. The highest BCUT2D eigenvalue weighted by Crippen LogP contribution is 2.27. The Morgan fingerprint density at radius 2 is 1.40 bits per heavy atom.